The number of amides is 2. The van der Waals surface area contributed by atoms with Gasteiger partial charge in [-0.3, -0.25) is 15.0 Å². The summed E-state index contributed by atoms with van der Waals surface area (Å²) in [5.41, 5.74) is 9.45. The van der Waals surface area contributed by atoms with E-state index in [4.69, 9.17) is 15.9 Å². The first kappa shape index (κ1) is 19.6. The molecule has 7 nitrogen and oxygen atoms in total. The Kier molecular flexibility index (Phi) is 5.75. The molecular weight excluding hydrogens is 356 g/mol. The summed E-state index contributed by atoms with van der Waals surface area (Å²) in [6.07, 6.45) is -0.985. The van der Waals surface area contributed by atoms with Crippen LogP contribution in [0.25, 0.3) is 0 Å². The smallest absolute Gasteiger partial charge is 0.270 e. The van der Waals surface area contributed by atoms with Crippen LogP contribution in [0.5, 0.6) is 0 Å². The Morgan fingerprint density at radius 3 is 2.64 bits per heavy atom. The minimum atomic E-state index is -0.985. The van der Waals surface area contributed by atoms with Crippen LogP contribution in [0.2, 0.25) is 0 Å². The van der Waals surface area contributed by atoms with Crippen molar-refractivity contribution in [3.63, 3.8) is 0 Å². The number of benzene rings is 2. The van der Waals surface area contributed by atoms with E-state index in [-0.39, 0.29) is 24.2 Å². The molecule has 0 aromatic heterocycles. The third kappa shape index (κ3) is 4.04. The van der Waals surface area contributed by atoms with Gasteiger partial charge in [-0.1, -0.05) is 42.0 Å². The molecule has 0 saturated heterocycles. The molecule has 0 fully saturated rings. The van der Waals surface area contributed by atoms with E-state index in [1.807, 2.05) is 25.1 Å². The number of hydrogen-bond acceptors (Lipinski definition) is 4. The fourth-order valence-electron chi connectivity index (χ4n) is 3.17. The van der Waals surface area contributed by atoms with Gasteiger partial charge in [-0.05, 0) is 31.0 Å². The van der Waals surface area contributed by atoms with E-state index in [0.29, 0.717) is 24.3 Å². The number of nitrogens with zero attached hydrogens (tertiary/aromatic N) is 1. The van der Waals surface area contributed by atoms with Crippen LogP contribution in [-0.2, 0) is 22.6 Å². The number of nitrogens with two attached hydrogens (primary N) is 1. The Morgan fingerprint density at radius 1 is 1.29 bits per heavy atom. The molecular formula is C21H24N4O3. The van der Waals surface area contributed by atoms with Crippen molar-refractivity contribution in [1.29, 1.82) is 5.41 Å². The van der Waals surface area contributed by atoms with E-state index < -0.39 is 6.23 Å². The molecule has 1 aliphatic heterocycles. The molecule has 3 rings (SSSR count). The second-order valence-corrected chi connectivity index (χ2v) is 6.73. The van der Waals surface area contributed by atoms with Crippen LogP contribution >= 0.6 is 0 Å². The van der Waals surface area contributed by atoms with Crippen molar-refractivity contribution in [1.82, 2.24) is 10.2 Å². The van der Waals surface area contributed by atoms with Gasteiger partial charge < -0.3 is 20.7 Å². The number of fused-ring (bicyclic) bond motifs is 1. The molecule has 28 heavy (non-hydrogen) atoms. The summed E-state index contributed by atoms with van der Waals surface area (Å²) in [6.45, 7) is 4.66. The number of carbonyl (C=O) groups is 2. The van der Waals surface area contributed by atoms with Crippen LogP contribution in [0.1, 0.15) is 39.5 Å². The van der Waals surface area contributed by atoms with Crippen molar-refractivity contribution in [2.75, 3.05) is 6.61 Å². The summed E-state index contributed by atoms with van der Waals surface area (Å²) >= 11 is 0. The largest absolute Gasteiger partial charge is 0.384 e. The summed E-state index contributed by atoms with van der Waals surface area (Å²) in [4.78, 5) is 27.0. The van der Waals surface area contributed by atoms with Crippen molar-refractivity contribution >= 4 is 17.6 Å². The third-order valence-electron chi connectivity index (χ3n) is 4.66. The van der Waals surface area contributed by atoms with Gasteiger partial charge >= 0.3 is 0 Å². The van der Waals surface area contributed by atoms with Crippen LogP contribution < -0.4 is 11.1 Å². The van der Waals surface area contributed by atoms with Gasteiger partial charge in [-0.15, -0.1) is 0 Å². The molecule has 1 aliphatic rings. The highest BCUT2D eigenvalue weighted by Gasteiger charge is 2.36. The predicted octanol–water partition coefficient (Wildman–Crippen LogP) is 1.91. The molecule has 1 heterocycles. The van der Waals surface area contributed by atoms with Crippen LogP contribution in [-0.4, -0.2) is 35.4 Å². The van der Waals surface area contributed by atoms with Gasteiger partial charge in [0.2, 0.25) is 6.23 Å². The zero-order valence-corrected chi connectivity index (χ0v) is 16.0. The van der Waals surface area contributed by atoms with E-state index in [1.54, 1.807) is 31.2 Å². The zero-order chi connectivity index (χ0) is 20.3. The first-order valence-electron chi connectivity index (χ1n) is 9.14. The molecule has 0 spiro atoms. The van der Waals surface area contributed by atoms with Gasteiger partial charge in [-0.25, -0.2) is 0 Å². The lowest BCUT2D eigenvalue weighted by Crippen LogP contribution is -2.48. The van der Waals surface area contributed by atoms with Crippen molar-refractivity contribution in [2.45, 2.75) is 33.2 Å². The molecule has 0 bridgehead atoms. The first-order valence-corrected chi connectivity index (χ1v) is 9.14. The van der Waals surface area contributed by atoms with Crippen molar-refractivity contribution in [3.8, 4) is 0 Å². The van der Waals surface area contributed by atoms with Crippen LogP contribution in [0.15, 0.2) is 42.5 Å². The number of rotatable bonds is 7. The molecule has 2 aromatic rings. The van der Waals surface area contributed by atoms with Gasteiger partial charge in [-0.2, -0.15) is 0 Å². The summed E-state index contributed by atoms with van der Waals surface area (Å²) < 4.78 is 5.61. The van der Waals surface area contributed by atoms with Crippen LogP contribution in [0.3, 0.4) is 0 Å². The molecule has 0 saturated carbocycles. The average molecular weight is 380 g/mol. The summed E-state index contributed by atoms with van der Waals surface area (Å²) in [7, 11) is 0. The lowest BCUT2D eigenvalue weighted by Gasteiger charge is -2.26. The van der Waals surface area contributed by atoms with Gasteiger partial charge in [0.25, 0.3) is 11.8 Å². The topological polar surface area (TPSA) is 109 Å². The SMILES string of the molecule is CCOC(C(=O)NCc1ccc(C(=N)N)cc1)N1Cc2ccc(C)cc2C1=O. The highest BCUT2D eigenvalue weighted by atomic mass is 16.5. The molecule has 146 valence electrons. The van der Waals surface area contributed by atoms with E-state index in [9.17, 15) is 9.59 Å². The van der Waals surface area contributed by atoms with Gasteiger partial charge in [0, 0.05) is 30.8 Å². The number of nitrogen functional groups attached to an aromatic ring is 1. The lowest BCUT2D eigenvalue weighted by molar-refractivity contribution is -0.143. The Morgan fingerprint density at radius 2 is 2.00 bits per heavy atom. The predicted molar refractivity (Wildman–Crippen MR) is 106 cm³/mol. The fraction of sp³-hybridized carbons (Fsp3) is 0.286. The zero-order valence-electron chi connectivity index (χ0n) is 16.0. The molecule has 4 N–H and O–H groups in total. The Labute approximate surface area is 164 Å². The third-order valence-corrected chi connectivity index (χ3v) is 4.66. The van der Waals surface area contributed by atoms with Gasteiger partial charge in [0.05, 0.1) is 0 Å². The summed E-state index contributed by atoms with van der Waals surface area (Å²) in [5, 5.41) is 10.2. The van der Waals surface area contributed by atoms with E-state index in [0.717, 1.165) is 16.7 Å². The molecule has 0 aliphatic carbocycles. The molecule has 2 amide bonds. The second kappa shape index (κ2) is 8.22. The van der Waals surface area contributed by atoms with E-state index in [2.05, 4.69) is 5.32 Å². The number of hydrogen-bond donors (Lipinski definition) is 3. The quantitative estimate of drug-likeness (QED) is 0.504. The highest BCUT2D eigenvalue weighted by Crippen LogP contribution is 2.26. The Bertz CT molecular complexity index is 908. The maximum atomic E-state index is 12.8. The molecule has 0 radical (unpaired) electrons. The van der Waals surface area contributed by atoms with Crippen molar-refractivity contribution in [3.05, 3.63) is 70.3 Å². The maximum absolute atomic E-state index is 12.8. The first-order chi connectivity index (χ1) is 13.4. The average Bonchev–Trinajstić information content (AvgIpc) is 3.00. The Hall–Kier alpha value is -3.19. The highest BCUT2D eigenvalue weighted by molar-refractivity contribution is 6.01. The van der Waals surface area contributed by atoms with Crippen LogP contribution in [0.4, 0.5) is 0 Å². The van der Waals surface area contributed by atoms with Crippen molar-refractivity contribution < 1.29 is 14.3 Å². The molecule has 1 unspecified atom stereocenters. The number of nitrogens with one attached hydrogen (secondary N) is 2. The lowest BCUT2D eigenvalue weighted by atomic mass is 10.1. The summed E-state index contributed by atoms with van der Waals surface area (Å²) in [5.74, 6) is -0.567. The maximum Gasteiger partial charge on any atom is 0.270 e. The monoisotopic (exact) mass is 380 g/mol. The fourth-order valence-corrected chi connectivity index (χ4v) is 3.17. The van der Waals surface area contributed by atoms with E-state index >= 15 is 0 Å². The standard InChI is InChI=1S/C21H24N4O3/c1-3-28-21(25-12-16-7-4-13(2)10-17(16)20(25)27)19(26)24-11-14-5-8-15(9-6-14)18(22)23/h4-10,21H,3,11-12H2,1-2H3,(H3,22,23)(H,24,26). The normalized spacial score (nSPS) is 13.9. The van der Waals surface area contributed by atoms with E-state index in [1.165, 1.54) is 4.90 Å². The number of amidine groups is 1. The number of aryl methyl sites for hydroxylation is 1. The molecule has 2 aromatic carbocycles. The van der Waals surface area contributed by atoms with Gasteiger partial charge in [0.15, 0.2) is 0 Å². The number of ether oxygens (including phenoxy) is 1. The second-order valence-electron chi connectivity index (χ2n) is 6.73. The van der Waals surface area contributed by atoms with Crippen LogP contribution in [0, 0.1) is 12.3 Å². The molecule has 1 atom stereocenters. The number of carbonyl (C=O) groups excluding carboxylic acids is 2. The molecule has 7 heteroatoms. The minimum Gasteiger partial charge on any atom is -0.384 e. The minimum absolute atomic E-state index is 0.00524. The Balaban J connectivity index is 1.69. The summed E-state index contributed by atoms with van der Waals surface area (Å²) in [6, 6.07) is 12.8. The van der Waals surface area contributed by atoms with Gasteiger partial charge in [0.1, 0.15) is 5.84 Å². The van der Waals surface area contributed by atoms with Crippen molar-refractivity contribution in [2.24, 2.45) is 5.73 Å².